The average molecular weight is 350 g/mol. The molecule has 0 radical (unpaired) electrons. The van der Waals surface area contributed by atoms with E-state index in [2.05, 4.69) is 10.6 Å². The third kappa shape index (κ3) is 6.30. The molecule has 26 heavy (non-hydrogen) atoms. The third-order valence-electron chi connectivity index (χ3n) is 3.41. The molecule has 0 heterocycles. The van der Waals surface area contributed by atoms with Crippen LogP contribution in [-0.2, 0) is 4.79 Å². The standard InChI is InChI=1S/C20H22N4O2/c1-24(2)13-12-22-15-16(14-21)20(25)23-17-8-10-19(11-9-17)26-18-6-4-3-5-7-18/h3-11,15,22H,12-13H2,1-2H3,(H,23,25)/b16-15-. The number of nitrogens with zero attached hydrogens (tertiary/aromatic N) is 2. The van der Waals surface area contributed by atoms with Gasteiger partial charge in [-0.25, -0.2) is 0 Å². The second-order valence-corrected chi connectivity index (χ2v) is 5.82. The van der Waals surface area contributed by atoms with E-state index in [4.69, 9.17) is 10.00 Å². The van der Waals surface area contributed by atoms with Crippen LogP contribution in [0.15, 0.2) is 66.4 Å². The van der Waals surface area contributed by atoms with Crippen LogP contribution in [0, 0.1) is 11.3 Å². The van der Waals surface area contributed by atoms with E-state index in [9.17, 15) is 4.79 Å². The zero-order valence-corrected chi connectivity index (χ0v) is 14.9. The number of anilines is 1. The van der Waals surface area contributed by atoms with E-state index in [0.29, 0.717) is 18.0 Å². The Balaban J connectivity index is 1.91. The Morgan fingerprint density at radius 3 is 2.38 bits per heavy atom. The summed E-state index contributed by atoms with van der Waals surface area (Å²) in [5.74, 6) is 0.944. The number of ether oxygens (including phenoxy) is 1. The van der Waals surface area contributed by atoms with Crippen molar-refractivity contribution in [3.8, 4) is 17.6 Å². The lowest BCUT2D eigenvalue weighted by Gasteiger charge is -2.09. The van der Waals surface area contributed by atoms with Crippen molar-refractivity contribution in [2.45, 2.75) is 0 Å². The van der Waals surface area contributed by atoms with Crippen molar-refractivity contribution in [3.05, 3.63) is 66.4 Å². The summed E-state index contributed by atoms with van der Waals surface area (Å²) in [7, 11) is 3.91. The van der Waals surface area contributed by atoms with E-state index in [0.717, 1.165) is 12.3 Å². The number of amides is 1. The molecule has 2 rings (SSSR count). The fourth-order valence-electron chi connectivity index (χ4n) is 2.04. The molecule has 2 aromatic carbocycles. The lowest BCUT2D eigenvalue weighted by molar-refractivity contribution is -0.112. The van der Waals surface area contributed by atoms with Gasteiger partial charge in [-0.1, -0.05) is 18.2 Å². The first-order chi connectivity index (χ1) is 12.6. The SMILES string of the molecule is CN(C)CCN/C=C(/C#N)C(=O)Nc1ccc(Oc2ccccc2)cc1. The maximum absolute atomic E-state index is 12.2. The quantitative estimate of drug-likeness (QED) is 0.435. The normalized spacial score (nSPS) is 10.9. The van der Waals surface area contributed by atoms with E-state index in [1.54, 1.807) is 24.3 Å². The number of hydrogen-bond donors (Lipinski definition) is 2. The number of carbonyl (C=O) groups excluding carboxylic acids is 1. The molecule has 0 aliphatic carbocycles. The number of benzene rings is 2. The number of nitriles is 1. The van der Waals surface area contributed by atoms with Crippen LogP contribution in [0.2, 0.25) is 0 Å². The average Bonchev–Trinajstić information content (AvgIpc) is 2.64. The molecule has 1 amide bonds. The van der Waals surface area contributed by atoms with E-state index >= 15 is 0 Å². The summed E-state index contributed by atoms with van der Waals surface area (Å²) in [4.78, 5) is 14.2. The summed E-state index contributed by atoms with van der Waals surface area (Å²) in [6.07, 6.45) is 1.44. The summed E-state index contributed by atoms with van der Waals surface area (Å²) in [5.41, 5.74) is 0.609. The molecular weight excluding hydrogens is 328 g/mol. The molecule has 0 aliphatic rings. The highest BCUT2D eigenvalue weighted by molar-refractivity contribution is 6.06. The van der Waals surface area contributed by atoms with Gasteiger partial charge in [0, 0.05) is 25.0 Å². The van der Waals surface area contributed by atoms with Gasteiger partial charge in [0.2, 0.25) is 0 Å². The molecule has 0 unspecified atom stereocenters. The highest BCUT2D eigenvalue weighted by atomic mass is 16.5. The van der Waals surface area contributed by atoms with E-state index in [1.165, 1.54) is 6.20 Å². The van der Waals surface area contributed by atoms with Gasteiger partial charge in [0.15, 0.2) is 0 Å². The molecule has 2 N–H and O–H groups in total. The van der Waals surface area contributed by atoms with Crippen molar-refractivity contribution in [2.24, 2.45) is 0 Å². The van der Waals surface area contributed by atoms with Crippen molar-refractivity contribution in [1.82, 2.24) is 10.2 Å². The smallest absolute Gasteiger partial charge is 0.267 e. The fraction of sp³-hybridized carbons (Fsp3) is 0.200. The molecule has 0 aliphatic heterocycles. The van der Waals surface area contributed by atoms with Crippen LogP contribution < -0.4 is 15.4 Å². The van der Waals surface area contributed by atoms with Gasteiger partial charge in [-0.2, -0.15) is 5.26 Å². The molecule has 134 valence electrons. The Morgan fingerprint density at radius 1 is 1.12 bits per heavy atom. The van der Waals surface area contributed by atoms with Crippen LogP contribution in [0.4, 0.5) is 5.69 Å². The lowest BCUT2D eigenvalue weighted by Crippen LogP contribution is -2.24. The van der Waals surface area contributed by atoms with Crippen molar-refractivity contribution >= 4 is 11.6 Å². The molecule has 0 bridgehead atoms. The molecule has 6 nitrogen and oxygen atoms in total. The second-order valence-electron chi connectivity index (χ2n) is 5.82. The Morgan fingerprint density at radius 2 is 1.77 bits per heavy atom. The van der Waals surface area contributed by atoms with Gasteiger partial charge in [-0.15, -0.1) is 0 Å². The minimum Gasteiger partial charge on any atom is -0.457 e. The molecule has 0 atom stereocenters. The molecule has 2 aromatic rings. The molecule has 0 aromatic heterocycles. The predicted molar refractivity (Wildman–Crippen MR) is 102 cm³/mol. The van der Waals surface area contributed by atoms with Gasteiger partial charge in [0.25, 0.3) is 5.91 Å². The van der Waals surface area contributed by atoms with E-state index < -0.39 is 5.91 Å². The minimum atomic E-state index is -0.457. The van der Waals surface area contributed by atoms with E-state index in [1.807, 2.05) is 55.4 Å². The maximum atomic E-state index is 12.2. The van der Waals surface area contributed by atoms with Crippen LogP contribution in [0.5, 0.6) is 11.5 Å². The monoisotopic (exact) mass is 350 g/mol. The second kappa shape index (κ2) is 9.87. The van der Waals surface area contributed by atoms with Crippen molar-refractivity contribution in [3.63, 3.8) is 0 Å². The number of carbonyl (C=O) groups is 1. The third-order valence-corrected chi connectivity index (χ3v) is 3.41. The van der Waals surface area contributed by atoms with Crippen LogP contribution >= 0.6 is 0 Å². The van der Waals surface area contributed by atoms with Gasteiger partial charge in [-0.05, 0) is 50.5 Å². The summed E-state index contributed by atoms with van der Waals surface area (Å²) in [6.45, 7) is 1.46. The number of rotatable bonds is 8. The van der Waals surface area contributed by atoms with Crippen molar-refractivity contribution < 1.29 is 9.53 Å². The van der Waals surface area contributed by atoms with Gasteiger partial charge >= 0.3 is 0 Å². The highest BCUT2D eigenvalue weighted by Gasteiger charge is 2.09. The van der Waals surface area contributed by atoms with Gasteiger partial charge in [-0.3, -0.25) is 4.79 Å². The first-order valence-electron chi connectivity index (χ1n) is 8.21. The highest BCUT2D eigenvalue weighted by Crippen LogP contribution is 2.22. The van der Waals surface area contributed by atoms with Crippen molar-refractivity contribution in [2.75, 3.05) is 32.5 Å². The fourth-order valence-corrected chi connectivity index (χ4v) is 2.04. The predicted octanol–water partition coefficient (Wildman–Crippen LogP) is 2.98. The first kappa shape index (κ1) is 19.0. The maximum Gasteiger partial charge on any atom is 0.267 e. The zero-order valence-electron chi connectivity index (χ0n) is 14.9. The van der Waals surface area contributed by atoms with E-state index in [-0.39, 0.29) is 5.57 Å². The van der Waals surface area contributed by atoms with Gasteiger partial charge < -0.3 is 20.3 Å². The molecule has 6 heteroatoms. The molecule has 0 spiro atoms. The number of nitrogens with one attached hydrogen (secondary N) is 2. The van der Waals surface area contributed by atoms with Crippen molar-refractivity contribution in [1.29, 1.82) is 5.26 Å². The summed E-state index contributed by atoms with van der Waals surface area (Å²) >= 11 is 0. The number of likely N-dealkylation sites (N-methyl/N-ethyl adjacent to an activating group) is 1. The number of hydrogen-bond acceptors (Lipinski definition) is 5. The first-order valence-corrected chi connectivity index (χ1v) is 8.21. The largest absolute Gasteiger partial charge is 0.457 e. The molecular formula is C20H22N4O2. The number of para-hydroxylation sites is 1. The Bertz CT molecular complexity index is 778. The summed E-state index contributed by atoms with van der Waals surface area (Å²) < 4.78 is 5.70. The molecule has 0 saturated heterocycles. The van der Waals surface area contributed by atoms with Gasteiger partial charge in [0.1, 0.15) is 23.1 Å². The van der Waals surface area contributed by atoms with Crippen LogP contribution in [0.3, 0.4) is 0 Å². The lowest BCUT2D eigenvalue weighted by atomic mass is 10.2. The zero-order chi connectivity index (χ0) is 18.8. The Hall–Kier alpha value is -3.30. The van der Waals surface area contributed by atoms with Gasteiger partial charge in [0.05, 0.1) is 0 Å². The minimum absolute atomic E-state index is 0.0216. The van der Waals surface area contributed by atoms with Crippen LogP contribution in [-0.4, -0.2) is 38.0 Å². The topological polar surface area (TPSA) is 77.4 Å². The molecule has 0 saturated carbocycles. The summed E-state index contributed by atoms with van der Waals surface area (Å²) in [5, 5.41) is 14.8. The summed E-state index contributed by atoms with van der Waals surface area (Å²) in [6, 6.07) is 18.3. The Labute approximate surface area is 153 Å². The Kier molecular flexibility index (Phi) is 7.22. The van der Waals surface area contributed by atoms with Crippen LogP contribution in [0.25, 0.3) is 0 Å². The van der Waals surface area contributed by atoms with Crippen LogP contribution in [0.1, 0.15) is 0 Å². The molecule has 0 fully saturated rings.